The first-order valence-corrected chi connectivity index (χ1v) is 6.03. The van der Waals surface area contributed by atoms with Crippen molar-refractivity contribution in [3.63, 3.8) is 0 Å². The molecule has 0 atom stereocenters. The van der Waals surface area contributed by atoms with E-state index in [1.54, 1.807) is 23.3 Å². The summed E-state index contributed by atoms with van der Waals surface area (Å²) in [5.74, 6) is 0. The molecule has 4 nitrogen and oxygen atoms in total. The molecular formula is C12H15ClN4. The molecule has 0 saturated carbocycles. The lowest BCUT2D eigenvalue weighted by molar-refractivity contribution is 0.663. The lowest BCUT2D eigenvalue weighted by Crippen LogP contribution is -2.15. The van der Waals surface area contributed by atoms with Gasteiger partial charge in [-0.2, -0.15) is 5.10 Å². The topological polar surface area (TPSA) is 42.7 Å². The smallest absolute Gasteiger partial charge is 0.0790 e. The van der Waals surface area contributed by atoms with Crippen LogP contribution in [-0.2, 0) is 6.54 Å². The molecule has 0 aliphatic heterocycles. The Morgan fingerprint density at radius 2 is 2.35 bits per heavy atom. The second-order valence-electron chi connectivity index (χ2n) is 3.79. The van der Waals surface area contributed by atoms with Gasteiger partial charge in [0.05, 0.1) is 22.6 Å². The molecule has 0 aliphatic carbocycles. The first-order valence-electron chi connectivity index (χ1n) is 5.66. The predicted octanol–water partition coefficient (Wildman–Crippen LogP) is 2.42. The molecule has 0 aliphatic rings. The number of nitrogens with one attached hydrogen (secondary N) is 1. The van der Waals surface area contributed by atoms with Crippen molar-refractivity contribution in [2.24, 2.45) is 0 Å². The maximum atomic E-state index is 5.84. The number of hydrogen-bond donors (Lipinski definition) is 1. The standard InChI is InChI=1S/C12H15ClN4/c1-2-4-14-8-11-6-12(3-5-15-11)17-9-10(13)7-16-17/h3,5-7,9,14H,2,4,8H2,1H3. The van der Waals surface area contributed by atoms with Crippen LogP contribution in [0.4, 0.5) is 0 Å². The molecule has 90 valence electrons. The van der Waals surface area contributed by atoms with Crippen molar-refractivity contribution in [1.29, 1.82) is 0 Å². The quantitative estimate of drug-likeness (QED) is 0.829. The summed E-state index contributed by atoms with van der Waals surface area (Å²) >= 11 is 5.84. The Kier molecular flexibility index (Phi) is 4.12. The van der Waals surface area contributed by atoms with Crippen LogP contribution in [0.3, 0.4) is 0 Å². The first kappa shape index (κ1) is 12.1. The minimum Gasteiger partial charge on any atom is -0.311 e. The van der Waals surface area contributed by atoms with E-state index in [1.165, 1.54) is 0 Å². The molecule has 2 rings (SSSR count). The van der Waals surface area contributed by atoms with Crippen molar-refractivity contribution < 1.29 is 0 Å². The molecule has 0 amide bonds. The summed E-state index contributed by atoms with van der Waals surface area (Å²) in [6, 6.07) is 3.92. The van der Waals surface area contributed by atoms with Crippen LogP contribution in [-0.4, -0.2) is 21.3 Å². The normalized spacial score (nSPS) is 10.7. The molecule has 5 heteroatoms. The third-order valence-electron chi connectivity index (χ3n) is 2.35. The van der Waals surface area contributed by atoms with Crippen LogP contribution in [0, 0.1) is 0 Å². The van der Waals surface area contributed by atoms with E-state index in [0.29, 0.717) is 5.02 Å². The molecule has 0 aromatic carbocycles. The van der Waals surface area contributed by atoms with E-state index in [0.717, 1.165) is 30.9 Å². The summed E-state index contributed by atoms with van der Waals surface area (Å²) in [6.45, 7) is 3.92. The lowest BCUT2D eigenvalue weighted by Gasteiger charge is -2.05. The molecule has 1 N–H and O–H groups in total. The van der Waals surface area contributed by atoms with Crippen molar-refractivity contribution in [2.75, 3.05) is 6.54 Å². The summed E-state index contributed by atoms with van der Waals surface area (Å²) in [6.07, 6.45) is 6.31. The maximum absolute atomic E-state index is 5.84. The SMILES string of the molecule is CCCNCc1cc(-n2cc(Cl)cn2)ccn1. The average molecular weight is 251 g/mol. The highest BCUT2D eigenvalue weighted by Gasteiger charge is 2.01. The third-order valence-corrected chi connectivity index (χ3v) is 2.54. The van der Waals surface area contributed by atoms with Crippen LogP contribution in [0.25, 0.3) is 5.69 Å². The minimum absolute atomic E-state index is 0.632. The van der Waals surface area contributed by atoms with E-state index in [2.05, 4.69) is 22.3 Å². The van der Waals surface area contributed by atoms with E-state index in [9.17, 15) is 0 Å². The van der Waals surface area contributed by atoms with Gasteiger partial charge >= 0.3 is 0 Å². The molecule has 0 radical (unpaired) electrons. The van der Waals surface area contributed by atoms with Gasteiger partial charge in [-0.1, -0.05) is 18.5 Å². The Balaban J connectivity index is 2.11. The van der Waals surface area contributed by atoms with Gasteiger partial charge in [0.15, 0.2) is 0 Å². The van der Waals surface area contributed by atoms with Crippen molar-refractivity contribution >= 4 is 11.6 Å². The van der Waals surface area contributed by atoms with Gasteiger partial charge in [0.2, 0.25) is 0 Å². The lowest BCUT2D eigenvalue weighted by atomic mass is 10.3. The Hall–Kier alpha value is -1.39. The average Bonchev–Trinajstić information content (AvgIpc) is 2.77. The second kappa shape index (κ2) is 5.80. The van der Waals surface area contributed by atoms with Gasteiger partial charge in [-0.05, 0) is 25.1 Å². The van der Waals surface area contributed by atoms with Crippen molar-refractivity contribution in [1.82, 2.24) is 20.1 Å². The fraction of sp³-hybridized carbons (Fsp3) is 0.333. The molecule has 2 heterocycles. The molecule has 0 bridgehead atoms. The highest BCUT2D eigenvalue weighted by Crippen LogP contribution is 2.11. The van der Waals surface area contributed by atoms with Crippen molar-refractivity contribution in [3.05, 3.63) is 41.4 Å². The first-order chi connectivity index (χ1) is 8.29. The van der Waals surface area contributed by atoms with Crippen LogP contribution in [0.15, 0.2) is 30.7 Å². The van der Waals surface area contributed by atoms with Crippen LogP contribution >= 0.6 is 11.6 Å². The van der Waals surface area contributed by atoms with Gasteiger partial charge in [-0.15, -0.1) is 0 Å². The highest BCUT2D eigenvalue weighted by atomic mass is 35.5. The van der Waals surface area contributed by atoms with Gasteiger partial charge in [0, 0.05) is 18.9 Å². The third kappa shape index (κ3) is 3.28. The molecule has 2 aromatic heterocycles. The summed E-state index contributed by atoms with van der Waals surface area (Å²) in [7, 11) is 0. The summed E-state index contributed by atoms with van der Waals surface area (Å²) in [5, 5.41) is 8.11. The monoisotopic (exact) mass is 250 g/mol. The van der Waals surface area contributed by atoms with Gasteiger partial charge < -0.3 is 5.32 Å². The summed E-state index contributed by atoms with van der Waals surface area (Å²) < 4.78 is 1.74. The number of nitrogens with zero attached hydrogens (tertiary/aromatic N) is 3. The van der Waals surface area contributed by atoms with Gasteiger partial charge in [0.1, 0.15) is 0 Å². The largest absolute Gasteiger partial charge is 0.311 e. The second-order valence-corrected chi connectivity index (χ2v) is 4.22. The summed E-state index contributed by atoms with van der Waals surface area (Å²) in [5.41, 5.74) is 1.97. The molecule has 2 aromatic rings. The minimum atomic E-state index is 0.632. The Bertz CT molecular complexity index is 481. The molecule has 0 saturated heterocycles. The van der Waals surface area contributed by atoms with Gasteiger partial charge in [-0.25, -0.2) is 4.68 Å². The Morgan fingerprint density at radius 1 is 1.47 bits per heavy atom. The van der Waals surface area contributed by atoms with Crippen molar-refractivity contribution in [2.45, 2.75) is 19.9 Å². The van der Waals surface area contributed by atoms with Gasteiger partial charge in [0.25, 0.3) is 0 Å². The van der Waals surface area contributed by atoms with E-state index in [4.69, 9.17) is 11.6 Å². The zero-order valence-electron chi connectivity index (χ0n) is 9.73. The molecular weight excluding hydrogens is 236 g/mol. The van der Waals surface area contributed by atoms with Crippen LogP contribution in [0.1, 0.15) is 19.0 Å². The maximum Gasteiger partial charge on any atom is 0.0790 e. The van der Waals surface area contributed by atoms with Crippen molar-refractivity contribution in [3.8, 4) is 5.69 Å². The number of halogens is 1. The fourth-order valence-corrected chi connectivity index (χ4v) is 1.68. The molecule has 0 spiro atoms. The Labute approximate surface area is 106 Å². The number of aromatic nitrogens is 3. The zero-order chi connectivity index (χ0) is 12.1. The van der Waals surface area contributed by atoms with Crippen LogP contribution in [0.2, 0.25) is 5.02 Å². The molecule has 0 unspecified atom stereocenters. The van der Waals surface area contributed by atoms with E-state index in [1.807, 2.05) is 12.1 Å². The molecule has 17 heavy (non-hydrogen) atoms. The van der Waals surface area contributed by atoms with Crippen LogP contribution < -0.4 is 5.32 Å². The van der Waals surface area contributed by atoms with Gasteiger partial charge in [-0.3, -0.25) is 4.98 Å². The highest BCUT2D eigenvalue weighted by molar-refractivity contribution is 6.30. The predicted molar refractivity (Wildman–Crippen MR) is 68.4 cm³/mol. The Morgan fingerprint density at radius 3 is 3.06 bits per heavy atom. The van der Waals surface area contributed by atoms with E-state index < -0.39 is 0 Å². The fourth-order valence-electron chi connectivity index (χ4n) is 1.54. The number of rotatable bonds is 5. The number of hydrogen-bond acceptors (Lipinski definition) is 3. The summed E-state index contributed by atoms with van der Waals surface area (Å²) in [4.78, 5) is 4.31. The number of pyridine rings is 1. The zero-order valence-corrected chi connectivity index (χ0v) is 10.5. The van der Waals surface area contributed by atoms with E-state index in [-0.39, 0.29) is 0 Å². The van der Waals surface area contributed by atoms with E-state index >= 15 is 0 Å². The molecule has 0 fully saturated rings. The van der Waals surface area contributed by atoms with Crippen LogP contribution in [0.5, 0.6) is 0 Å².